The summed E-state index contributed by atoms with van der Waals surface area (Å²) in [6.45, 7) is 7.77. The Balaban J connectivity index is 1.37. The van der Waals surface area contributed by atoms with Gasteiger partial charge >= 0.3 is 0 Å². The number of anilines is 2. The zero-order valence-electron chi connectivity index (χ0n) is 18.4. The number of morpholine rings is 1. The van der Waals surface area contributed by atoms with E-state index in [-0.39, 0.29) is 18.4 Å². The summed E-state index contributed by atoms with van der Waals surface area (Å²) < 4.78 is 5.40. The molecule has 1 aliphatic heterocycles. The summed E-state index contributed by atoms with van der Waals surface area (Å²) in [4.78, 5) is 29.9. The van der Waals surface area contributed by atoms with Crippen LogP contribution >= 0.6 is 0 Å². The maximum Gasteiger partial charge on any atom is 0.243 e. The smallest absolute Gasteiger partial charge is 0.243 e. The van der Waals surface area contributed by atoms with Crippen molar-refractivity contribution in [3.63, 3.8) is 0 Å². The van der Waals surface area contributed by atoms with E-state index < -0.39 is 5.41 Å². The quantitative estimate of drug-likeness (QED) is 0.745. The first-order chi connectivity index (χ1) is 15.0. The van der Waals surface area contributed by atoms with Gasteiger partial charge in [0, 0.05) is 31.0 Å². The predicted molar refractivity (Wildman–Crippen MR) is 122 cm³/mol. The standard InChI is InChI=1S/C25H31N3O3/c1-3-27(24(30)25(11-12-25)20-6-4-5-19(2)17-20)18-23(29)26-21-7-9-22(10-8-21)28-13-15-31-16-14-28/h4-10,17H,3,11-16,18H2,1-2H3,(H,26,29). The molecule has 0 atom stereocenters. The van der Waals surface area contributed by atoms with E-state index in [2.05, 4.69) is 16.3 Å². The van der Waals surface area contributed by atoms with Crippen molar-refractivity contribution in [3.05, 3.63) is 59.7 Å². The minimum atomic E-state index is -0.456. The zero-order valence-corrected chi connectivity index (χ0v) is 18.4. The third-order valence-electron chi connectivity index (χ3n) is 6.26. The summed E-state index contributed by atoms with van der Waals surface area (Å²) >= 11 is 0. The minimum Gasteiger partial charge on any atom is -0.378 e. The van der Waals surface area contributed by atoms with Gasteiger partial charge in [0.25, 0.3) is 0 Å². The molecule has 0 unspecified atom stereocenters. The molecule has 2 fully saturated rings. The monoisotopic (exact) mass is 421 g/mol. The zero-order chi connectivity index (χ0) is 21.8. The van der Waals surface area contributed by atoms with Gasteiger partial charge in [0.2, 0.25) is 11.8 Å². The second kappa shape index (κ2) is 9.10. The normalized spacial score (nSPS) is 17.2. The first kappa shape index (κ1) is 21.4. The topological polar surface area (TPSA) is 61.9 Å². The average Bonchev–Trinajstić information content (AvgIpc) is 3.60. The number of hydrogen-bond acceptors (Lipinski definition) is 4. The number of carbonyl (C=O) groups is 2. The number of aryl methyl sites for hydroxylation is 1. The van der Waals surface area contributed by atoms with Crippen molar-refractivity contribution < 1.29 is 14.3 Å². The Morgan fingerprint density at radius 2 is 1.81 bits per heavy atom. The van der Waals surface area contributed by atoms with Crippen LogP contribution in [0.4, 0.5) is 11.4 Å². The molecule has 1 saturated carbocycles. The van der Waals surface area contributed by atoms with Gasteiger partial charge in [0.05, 0.1) is 25.2 Å². The van der Waals surface area contributed by atoms with Gasteiger partial charge in [-0.05, 0) is 56.5 Å². The van der Waals surface area contributed by atoms with Crippen LogP contribution in [0.15, 0.2) is 48.5 Å². The van der Waals surface area contributed by atoms with Crippen molar-refractivity contribution in [2.24, 2.45) is 0 Å². The van der Waals surface area contributed by atoms with Gasteiger partial charge in [-0.2, -0.15) is 0 Å². The number of carbonyl (C=O) groups excluding carboxylic acids is 2. The highest BCUT2D eigenvalue weighted by Crippen LogP contribution is 2.49. The van der Waals surface area contributed by atoms with E-state index in [1.165, 1.54) is 0 Å². The van der Waals surface area contributed by atoms with Crippen molar-refractivity contribution >= 4 is 23.2 Å². The summed E-state index contributed by atoms with van der Waals surface area (Å²) in [5.41, 5.74) is 3.63. The number of ether oxygens (including phenoxy) is 1. The fourth-order valence-electron chi connectivity index (χ4n) is 4.27. The number of amides is 2. The van der Waals surface area contributed by atoms with Crippen LogP contribution in [-0.2, 0) is 19.7 Å². The van der Waals surface area contributed by atoms with Crippen LogP contribution in [-0.4, -0.2) is 56.1 Å². The van der Waals surface area contributed by atoms with Gasteiger partial charge in [-0.3, -0.25) is 9.59 Å². The molecule has 1 saturated heterocycles. The van der Waals surface area contributed by atoms with E-state index in [9.17, 15) is 9.59 Å². The highest BCUT2D eigenvalue weighted by molar-refractivity contribution is 5.98. The molecule has 31 heavy (non-hydrogen) atoms. The van der Waals surface area contributed by atoms with Crippen molar-refractivity contribution in [2.75, 3.05) is 49.6 Å². The molecule has 2 amide bonds. The average molecular weight is 422 g/mol. The molecular formula is C25H31N3O3. The van der Waals surface area contributed by atoms with Crippen molar-refractivity contribution in [1.82, 2.24) is 4.90 Å². The molecule has 4 rings (SSSR count). The van der Waals surface area contributed by atoms with Crippen LogP contribution in [0.2, 0.25) is 0 Å². The van der Waals surface area contributed by atoms with Gasteiger partial charge in [0.15, 0.2) is 0 Å². The molecule has 164 valence electrons. The van der Waals surface area contributed by atoms with Crippen molar-refractivity contribution in [2.45, 2.75) is 32.1 Å². The lowest BCUT2D eigenvalue weighted by molar-refractivity contribution is -0.136. The first-order valence-electron chi connectivity index (χ1n) is 11.1. The van der Waals surface area contributed by atoms with E-state index in [1.807, 2.05) is 56.3 Å². The number of nitrogens with zero attached hydrogens (tertiary/aromatic N) is 2. The summed E-state index contributed by atoms with van der Waals surface area (Å²) in [5.74, 6) is -0.118. The molecule has 1 aliphatic carbocycles. The van der Waals surface area contributed by atoms with Crippen LogP contribution in [0.1, 0.15) is 30.9 Å². The SMILES string of the molecule is CCN(CC(=O)Nc1ccc(N2CCOCC2)cc1)C(=O)C1(c2cccc(C)c2)CC1. The Bertz CT molecular complexity index is 931. The van der Waals surface area contributed by atoms with Crippen LogP contribution in [0.5, 0.6) is 0 Å². The molecule has 1 heterocycles. The summed E-state index contributed by atoms with van der Waals surface area (Å²) in [6, 6.07) is 16.0. The Morgan fingerprint density at radius 1 is 1.10 bits per heavy atom. The molecule has 6 heteroatoms. The van der Waals surface area contributed by atoms with Gasteiger partial charge < -0.3 is 19.9 Å². The van der Waals surface area contributed by atoms with E-state index >= 15 is 0 Å². The maximum absolute atomic E-state index is 13.3. The van der Waals surface area contributed by atoms with Gasteiger partial charge in [-0.15, -0.1) is 0 Å². The molecule has 2 aromatic rings. The third kappa shape index (κ3) is 4.74. The van der Waals surface area contributed by atoms with Crippen LogP contribution in [0, 0.1) is 6.92 Å². The molecule has 2 aromatic carbocycles. The van der Waals surface area contributed by atoms with E-state index in [0.29, 0.717) is 6.54 Å². The molecular weight excluding hydrogens is 390 g/mol. The Kier molecular flexibility index (Phi) is 6.28. The number of likely N-dealkylation sites (N-methyl/N-ethyl adjacent to an activating group) is 1. The summed E-state index contributed by atoms with van der Waals surface area (Å²) in [6.07, 6.45) is 1.69. The van der Waals surface area contributed by atoms with E-state index in [1.54, 1.807) is 4.90 Å². The fourth-order valence-corrected chi connectivity index (χ4v) is 4.27. The molecule has 2 aliphatic rings. The number of nitrogens with one attached hydrogen (secondary N) is 1. The number of benzene rings is 2. The Morgan fingerprint density at radius 3 is 2.42 bits per heavy atom. The van der Waals surface area contributed by atoms with Crippen LogP contribution < -0.4 is 10.2 Å². The second-order valence-electron chi connectivity index (χ2n) is 8.47. The second-order valence-corrected chi connectivity index (χ2v) is 8.47. The maximum atomic E-state index is 13.3. The lowest BCUT2D eigenvalue weighted by Crippen LogP contribution is -2.43. The Hall–Kier alpha value is -2.86. The molecule has 1 N–H and O–H groups in total. The molecule has 0 bridgehead atoms. The molecule has 6 nitrogen and oxygen atoms in total. The molecule has 0 radical (unpaired) electrons. The third-order valence-corrected chi connectivity index (χ3v) is 6.26. The number of hydrogen-bond donors (Lipinski definition) is 1. The van der Waals surface area contributed by atoms with E-state index in [4.69, 9.17) is 4.74 Å². The molecule has 0 aromatic heterocycles. The van der Waals surface area contributed by atoms with Gasteiger partial charge in [-0.25, -0.2) is 0 Å². The number of rotatable bonds is 7. The van der Waals surface area contributed by atoms with Gasteiger partial charge in [0.1, 0.15) is 0 Å². The van der Waals surface area contributed by atoms with Crippen LogP contribution in [0.25, 0.3) is 0 Å². The Labute approximate surface area is 184 Å². The predicted octanol–water partition coefficient (Wildman–Crippen LogP) is 3.35. The van der Waals surface area contributed by atoms with Gasteiger partial charge in [-0.1, -0.05) is 29.8 Å². The lowest BCUT2D eigenvalue weighted by atomic mass is 9.93. The van der Waals surface area contributed by atoms with Crippen molar-refractivity contribution in [1.29, 1.82) is 0 Å². The highest BCUT2D eigenvalue weighted by Gasteiger charge is 2.52. The summed E-state index contributed by atoms with van der Waals surface area (Å²) in [7, 11) is 0. The summed E-state index contributed by atoms with van der Waals surface area (Å²) in [5, 5.41) is 2.94. The largest absolute Gasteiger partial charge is 0.378 e. The minimum absolute atomic E-state index is 0.0541. The van der Waals surface area contributed by atoms with E-state index in [0.717, 1.165) is 61.6 Å². The first-order valence-corrected chi connectivity index (χ1v) is 11.1. The molecule has 0 spiro atoms. The van der Waals surface area contributed by atoms with Crippen LogP contribution in [0.3, 0.4) is 0 Å². The fraction of sp³-hybridized carbons (Fsp3) is 0.440. The van der Waals surface area contributed by atoms with Crippen molar-refractivity contribution in [3.8, 4) is 0 Å². The highest BCUT2D eigenvalue weighted by atomic mass is 16.5. The lowest BCUT2D eigenvalue weighted by Gasteiger charge is -2.29.